The van der Waals surface area contributed by atoms with Crippen LogP contribution in [0.3, 0.4) is 0 Å². The minimum atomic E-state index is -3.76. The van der Waals surface area contributed by atoms with E-state index < -0.39 is 10.0 Å². The summed E-state index contributed by atoms with van der Waals surface area (Å²) in [4.78, 5) is 3.93. The second-order valence-electron chi connectivity index (χ2n) is 4.15. The molecule has 0 aliphatic heterocycles. The molecule has 0 unspecified atom stereocenters. The van der Waals surface area contributed by atoms with Crippen LogP contribution in [0.4, 0.5) is 11.6 Å². The molecule has 2 aromatic rings. The molecule has 7 nitrogen and oxygen atoms in total. The lowest BCUT2D eigenvalue weighted by Gasteiger charge is -2.09. The third-order valence-corrected chi connectivity index (χ3v) is 4.21. The Hall–Kier alpha value is -1.80. The number of halogens is 1. The predicted octanol–water partition coefficient (Wildman–Crippen LogP) is 1.62. The van der Waals surface area contributed by atoms with Gasteiger partial charge in [-0.25, -0.2) is 13.4 Å². The van der Waals surface area contributed by atoms with Gasteiger partial charge in [0.2, 0.25) is 0 Å². The summed E-state index contributed by atoms with van der Waals surface area (Å²) in [5, 5.41) is 7.07. The van der Waals surface area contributed by atoms with Gasteiger partial charge in [-0.2, -0.15) is 5.10 Å². The molecule has 2 N–H and O–H groups in total. The lowest BCUT2D eigenvalue weighted by atomic mass is 10.4. The van der Waals surface area contributed by atoms with E-state index in [1.807, 2.05) is 0 Å². The normalized spacial score (nSPS) is 11.4. The van der Waals surface area contributed by atoms with Gasteiger partial charge in [0, 0.05) is 26.4 Å². The average Bonchev–Trinajstić information content (AvgIpc) is 2.67. The summed E-state index contributed by atoms with van der Waals surface area (Å²) in [5.41, 5.74) is 0.715. The Morgan fingerprint density at radius 1 is 1.35 bits per heavy atom. The van der Waals surface area contributed by atoms with Crippen molar-refractivity contribution in [3.05, 3.63) is 29.0 Å². The number of anilines is 2. The number of sulfonamides is 1. The predicted molar refractivity (Wildman–Crippen MR) is 77.5 cm³/mol. The van der Waals surface area contributed by atoms with Crippen LogP contribution in [0.1, 0.15) is 5.69 Å². The zero-order chi connectivity index (χ0) is 14.9. The molecule has 0 aliphatic rings. The van der Waals surface area contributed by atoms with E-state index in [9.17, 15) is 8.42 Å². The Kier molecular flexibility index (Phi) is 3.87. The number of aromatic nitrogens is 3. The highest BCUT2D eigenvalue weighted by molar-refractivity contribution is 7.92. The van der Waals surface area contributed by atoms with E-state index in [-0.39, 0.29) is 9.92 Å². The van der Waals surface area contributed by atoms with Crippen molar-refractivity contribution in [3.63, 3.8) is 0 Å². The van der Waals surface area contributed by atoms with Crippen molar-refractivity contribution in [2.24, 2.45) is 7.05 Å². The van der Waals surface area contributed by atoms with Crippen molar-refractivity contribution in [2.45, 2.75) is 11.8 Å². The maximum absolute atomic E-state index is 12.2. The topological polar surface area (TPSA) is 88.9 Å². The Bertz CT molecular complexity index is 741. The van der Waals surface area contributed by atoms with Crippen molar-refractivity contribution in [1.29, 1.82) is 0 Å². The fraction of sp³-hybridized carbons (Fsp3) is 0.273. The van der Waals surface area contributed by atoms with Crippen LogP contribution < -0.4 is 10.0 Å². The van der Waals surface area contributed by atoms with Gasteiger partial charge < -0.3 is 5.32 Å². The summed E-state index contributed by atoms with van der Waals surface area (Å²) >= 11 is 5.94. The number of pyridine rings is 1. The van der Waals surface area contributed by atoms with E-state index in [2.05, 4.69) is 20.1 Å². The first-order valence-corrected chi connectivity index (χ1v) is 7.56. The van der Waals surface area contributed by atoms with Crippen molar-refractivity contribution in [3.8, 4) is 0 Å². The minimum Gasteiger partial charge on any atom is -0.372 e. The molecule has 0 aromatic carbocycles. The first-order chi connectivity index (χ1) is 9.33. The summed E-state index contributed by atoms with van der Waals surface area (Å²) in [6.45, 7) is 1.78. The number of nitrogens with zero attached hydrogens (tertiary/aromatic N) is 3. The Morgan fingerprint density at radius 3 is 2.55 bits per heavy atom. The third-order valence-electron chi connectivity index (χ3n) is 2.60. The number of hydrogen-bond donors (Lipinski definition) is 2. The van der Waals surface area contributed by atoms with Gasteiger partial charge in [0.05, 0.1) is 10.7 Å². The van der Waals surface area contributed by atoms with E-state index in [0.717, 1.165) is 0 Å². The molecular formula is C11H14ClN5O2S. The molecule has 108 valence electrons. The summed E-state index contributed by atoms with van der Waals surface area (Å²) < 4.78 is 28.4. The molecule has 20 heavy (non-hydrogen) atoms. The van der Waals surface area contributed by atoms with Gasteiger partial charge in [0.25, 0.3) is 10.0 Å². The van der Waals surface area contributed by atoms with Crippen LogP contribution in [0.25, 0.3) is 0 Å². The zero-order valence-corrected chi connectivity index (χ0v) is 12.7. The largest absolute Gasteiger partial charge is 0.372 e. The Balaban J connectivity index is 2.35. The molecule has 2 rings (SSSR count). The Morgan fingerprint density at radius 2 is 2.05 bits per heavy atom. The number of aryl methyl sites for hydroxylation is 2. The molecule has 2 aromatic heterocycles. The third kappa shape index (κ3) is 2.86. The van der Waals surface area contributed by atoms with E-state index >= 15 is 0 Å². The molecule has 9 heteroatoms. The van der Waals surface area contributed by atoms with E-state index in [1.54, 1.807) is 27.1 Å². The second-order valence-corrected chi connectivity index (χ2v) is 6.24. The molecule has 0 fully saturated rings. The molecule has 0 radical (unpaired) electrons. The second kappa shape index (κ2) is 5.29. The quantitative estimate of drug-likeness (QED) is 0.895. The number of hydrogen-bond acceptors (Lipinski definition) is 5. The SMILES string of the molecule is CNc1ncc(S(=O)(=O)Nc2cc(C)nn2C)cc1Cl. The lowest BCUT2D eigenvalue weighted by molar-refractivity contribution is 0.600. The first-order valence-electron chi connectivity index (χ1n) is 5.70. The molecule has 0 saturated heterocycles. The van der Waals surface area contributed by atoms with Gasteiger partial charge in [-0.15, -0.1) is 0 Å². The van der Waals surface area contributed by atoms with Crippen LogP contribution in [0.15, 0.2) is 23.2 Å². The smallest absolute Gasteiger partial charge is 0.264 e. The monoisotopic (exact) mass is 315 g/mol. The van der Waals surface area contributed by atoms with Crippen molar-refractivity contribution < 1.29 is 8.42 Å². The highest BCUT2D eigenvalue weighted by Gasteiger charge is 2.18. The van der Waals surface area contributed by atoms with E-state index in [1.165, 1.54) is 16.9 Å². The van der Waals surface area contributed by atoms with Crippen LogP contribution in [0.5, 0.6) is 0 Å². The molecular weight excluding hydrogens is 302 g/mol. The first kappa shape index (κ1) is 14.6. The van der Waals surface area contributed by atoms with Crippen LogP contribution in [0.2, 0.25) is 5.02 Å². The molecule has 0 atom stereocenters. The average molecular weight is 316 g/mol. The highest BCUT2D eigenvalue weighted by Crippen LogP contribution is 2.23. The van der Waals surface area contributed by atoms with Gasteiger partial charge in [0.15, 0.2) is 0 Å². The van der Waals surface area contributed by atoms with E-state index in [0.29, 0.717) is 17.3 Å². The van der Waals surface area contributed by atoms with E-state index in [4.69, 9.17) is 11.6 Å². The number of rotatable bonds is 4. The molecule has 0 spiro atoms. The van der Waals surface area contributed by atoms with Gasteiger partial charge in [-0.05, 0) is 13.0 Å². The van der Waals surface area contributed by atoms with Gasteiger partial charge in [-0.1, -0.05) is 11.6 Å². The van der Waals surface area contributed by atoms with Gasteiger partial charge in [0.1, 0.15) is 16.5 Å². The molecule has 0 saturated carbocycles. The van der Waals surface area contributed by atoms with Gasteiger partial charge in [-0.3, -0.25) is 9.40 Å². The zero-order valence-electron chi connectivity index (χ0n) is 11.2. The van der Waals surface area contributed by atoms with Crippen LogP contribution in [0, 0.1) is 6.92 Å². The standard InChI is InChI=1S/C11H14ClN5O2S/c1-7-4-10(17(3)15-7)16-20(18,19)8-5-9(12)11(13-2)14-6-8/h4-6,16H,1-3H3,(H,13,14). The van der Waals surface area contributed by atoms with Crippen LogP contribution in [-0.2, 0) is 17.1 Å². The lowest BCUT2D eigenvalue weighted by Crippen LogP contribution is -2.15. The maximum Gasteiger partial charge on any atom is 0.264 e. The molecule has 0 amide bonds. The highest BCUT2D eigenvalue weighted by atomic mass is 35.5. The molecule has 2 heterocycles. The summed E-state index contributed by atoms with van der Waals surface area (Å²) in [7, 11) is -0.451. The van der Waals surface area contributed by atoms with Crippen LogP contribution >= 0.6 is 11.6 Å². The summed E-state index contributed by atoms with van der Waals surface area (Å²) in [6, 6.07) is 2.97. The summed E-state index contributed by atoms with van der Waals surface area (Å²) in [5.74, 6) is 0.790. The van der Waals surface area contributed by atoms with Crippen LogP contribution in [-0.4, -0.2) is 30.2 Å². The van der Waals surface area contributed by atoms with Crippen molar-refractivity contribution in [2.75, 3.05) is 17.1 Å². The fourth-order valence-corrected chi connectivity index (χ4v) is 3.03. The van der Waals surface area contributed by atoms with Crippen molar-refractivity contribution in [1.82, 2.24) is 14.8 Å². The fourth-order valence-electron chi connectivity index (χ4n) is 1.65. The molecule has 0 aliphatic carbocycles. The number of nitrogens with one attached hydrogen (secondary N) is 2. The Labute approximate surface area is 122 Å². The minimum absolute atomic E-state index is 0.0136. The summed E-state index contributed by atoms with van der Waals surface area (Å²) in [6.07, 6.45) is 1.24. The van der Waals surface area contributed by atoms with Crippen molar-refractivity contribution >= 4 is 33.3 Å². The maximum atomic E-state index is 12.2. The van der Waals surface area contributed by atoms with Gasteiger partial charge >= 0.3 is 0 Å². The molecule has 0 bridgehead atoms.